The van der Waals surface area contributed by atoms with Crippen molar-refractivity contribution in [1.29, 1.82) is 5.26 Å². The molecule has 1 aliphatic rings. The summed E-state index contributed by atoms with van der Waals surface area (Å²) >= 11 is 6.50. The van der Waals surface area contributed by atoms with Crippen LogP contribution >= 0.6 is 11.6 Å². The van der Waals surface area contributed by atoms with Crippen molar-refractivity contribution >= 4 is 40.7 Å². The highest BCUT2D eigenvalue weighted by molar-refractivity contribution is 6.34. The number of imidazole rings is 1. The molecule has 44 heavy (non-hydrogen) atoms. The first-order valence-electron chi connectivity index (χ1n) is 13.5. The zero-order valence-corrected chi connectivity index (χ0v) is 23.9. The molecule has 0 aliphatic carbocycles. The number of hydrogen-bond acceptors (Lipinski definition) is 8. The Bertz CT molecular complexity index is 1720. The standard InChI is InChI=1S/C27H27ClF3N11O2/c28-20-14-17(2-3-18(20)25(43)39-10-12-40(13-11-39)26(44)35-6-5-33)37-23-24-36-15-21(42(24)9-7-34-23)19-16-41(8-1-4-32)38-22(19)27(29,30)31/h2-3,7,9,14-16H,1,5-6,8,10-13,33H2,(H,34,37)(H,35,44). The predicted molar refractivity (Wildman–Crippen MR) is 154 cm³/mol. The zero-order valence-electron chi connectivity index (χ0n) is 23.2. The van der Waals surface area contributed by atoms with Crippen molar-refractivity contribution < 1.29 is 22.8 Å². The fraction of sp³-hybridized carbons (Fsp3) is 0.333. The van der Waals surface area contributed by atoms with E-state index in [0.717, 1.165) is 4.68 Å². The van der Waals surface area contributed by atoms with E-state index in [1.807, 2.05) is 6.07 Å². The highest BCUT2D eigenvalue weighted by Gasteiger charge is 2.38. The molecule has 4 N–H and O–H groups in total. The lowest BCUT2D eigenvalue weighted by atomic mass is 10.1. The van der Waals surface area contributed by atoms with E-state index < -0.39 is 11.9 Å². The highest BCUT2D eigenvalue weighted by Crippen LogP contribution is 2.37. The molecule has 0 atom stereocenters. The lowest BCUT2D eigenvalue weighted by molar-refractivity contribution is -0.141. The summed E-state index contributed by atoms with van der Waals surface area (Å²) in [6.45, 7) is 2.13. The van der Waals surface area contributed by atoms with Crippen LogP contribution in [-0.4, -0.2) is 85.2 Å². The summed E-state index contributed by atoms with van der Waals surface area (Å²) in [7, 11) is 0. The van der Waals surface area contributed by atoms with Gasteiger partial charge in [0.25, 0.3) is 5.91 Å². The van der Waals surface area contributed by atoms with Crippen LogP contribution in [0.1, 0.15) is 22.5 Å². The summed E-state index contributed by atoms with van der Waals surface area (Å²) < 4.78 is 44.0. The molecule has 230 valence electrons. The SMILES string of the molecule is N#CCCn1cc(-c2cnc3c(Nc4ccc(C(=O)N5CCN(C(=O)NCCN)CC5)c(Cl)c4)nccn23)c(C(F)(F)F)n1. The number of aromatic nitrogens is 5. The fourth-order valence-electron chi connectivity index (χ4n) is 4.78. The Morgan fingerprint density at radius 3 is 2.57 bits per heavy atom. The molecule has 4 aromatic rings. The first-order valence-corrected chi connectivity index (χ1v) is 13.9. The Labute approximate surface area is 254 Å². The molecule has 0 radical (unpaired) electrons. The molecule has 0 bridgehead atoms. The highest BCUT2D eigenvalue weighted by atomic mass is 35.5. The van der Waals surface area contributed by atoms with Gasteiger partial charge in [-0.25, -0.2) is 14.8 Å². The minimum atomic E-state index is -4.73. The van der Waals surface area contributed by atoms with E-state index >= 15 is 0 Å². The third-order valence-corrected chi connectivity index (χ3v) is 7.24. The smallest absolute Gasteiger partial charge is 0.337 e. The van der Waals surface area contributed by atoms with Crippen LogP contribution in [-0.2, 0) is 12.7 Å². The second kappa shape index (κ2) is 12.8. The summed E-state index contributed by atoms with van der Waals surface area (Å²) in [5.41, 5.74) is 5.27. The van der Waals surface area contributed by atoms with Gasteiger partial charge in [-0.15, -0.1) is 0 Å². The Hall–Kier alpha value is -4.88. The molecule has 0 spiro atoms. The minimum absolute atomic E-state index is 0.00148. The molecule has 0 saturated carbocycles. The maximum Gasteiger partial charge on any atom is 0.435 e. The molecule has 3 aromatic heterocycles. The van der Waals surface area contributed by atoms with Crippen LogP contribution in [0.3, 0.4) is 0 Å². The number of urea groups is 1. The van der Waals surface area contributed by atoms with E-state index in [1.54, 1.807) is 28.0 Å². The quantitative estimate of drug-likeness (QED) is 0.267. The second-order valence-electron chi connectivity index (χ2n) is 9.79. The van der Waals surface area contributed by atoms with Crippen molar-refractivity contribution in [3.8, 4) is 17.3 Å². The van der Waals surface area contributed by atoms with Crippen LogP contribution in [0.15, 0.2) is 43.0 Å². The Morgan fingerprint density at radius 2 is 1.89 bits per heavy atom. The van der Waals surface area contributed by atoms with Crippen LogP contribution in [0.4, 0.5) is 29.5 Å². The van der Waals surface area contributed by atoms with Gasteiger partial charge in [0.05, 0.1) is 47.1 Å². The summed E-state index contributed by atoms with van der Waals surface area (Å²) in [5, 5.41) is 18.4. The Balaban J connectivity index is 1.33. The molecule has 1 fully saturated rings. The third kappa shape index (κ3) is 6.38. The van der Waals surface area contributed by atoms with E-state index in [4.69, 9.17) is 22.6 Å². The number of aryl methyl sites for hydroxylation is 1. The average molecular weight is 630 g/mol. The number of rotatable bonds is 8. The molecular weight excluding hydrogens is 603 g/mol. The second-order valence-corrected chi connectivity index (χ2v) is 10.2. The first kappa shape index (κ1) is 30.6. The van der Waals surface area contributed by atoms with Crippen molar-refractivity contribution in [2.45, 2.75) is 19.1 Å². The maximum absolute atomic E-state index is 13.8. The molecule has 5 rings (SSSR count). The minimum Gasteiger partial charge on any atom is -0.337 e. The topological polar surface area (TPSA) is 162 Å². The van der Waals surface area contributed by atoms with Gasteiger partial charge in [-0.2, -0.15) is 23.5 Å². The van der Waals surface area contributed by atoms with Crippen molar-refractivity contribution in [2.24, 2.45) is 5.73 Å². The summed E-state index contributed by atoms with van der Waals surface area (Å²) in [5.74, 6) is -0.0409. The molecule has 1 saturated heterocycles. The number of halogens is 4. The molecule has 17 heteroatoms. The summed E-state index contributed by atoms with van der Waals surface area (Å²) in [4.78, 5) is 37.1. The number of alkyl halides is 3. The number of anilines is 2. The van der Waals surface area contributed by atoms with Crippen LogP contribution in [0.2, 0.25) is 5.02 Å². The number of carbonyl (C=O) groups is 2. The van der Waals surface area contributed by atoms with Crippen molar-refractivity contribution in [3.05, 3.63) is 59.3 Å². The summed E-state index contributed by atoms with van der Waals surface area (Å²) in [6.07, 6.45) is 0.688. The van der Waals surface area contributed by atoms with Gasteiger partial charge >= 0.3 is 12.2 Å². The van der Waals surface area contributed by atoms with E-state index in [9.17, 15) is 22.8 Å². The van der Waals surface area contributed by atoms with Gasteiger partial charge in [-0.3, -0.25) is 13.9 Å². The van der Waals surface area contributed by atoms with Gasteiger partial charge < -0.3 is 26.2 Å². The largest absolute Gasteiger partial charge is 0.435 e. The summed E-state index contributed by atoms with van der Waals surface area (Å²) in [6, 6.07) is 6.41. The van der Waals surface area contributed by atoms with Gasteiger partial charge in [0.1, 0.15) is 0 Å². The van der Waals surface area contributed by atoms with E-state index in [0.29, 0.717) is 45.0 Å². The first-order chi connectivity index (χ1) is 21.1. The number of amides is 3. The molecule has 1 aromatic carbocycles. The number of nitriles is 1. The van der Waals surface area contributed by atoms with E-state index in [1.165, 1.54) is 29.2 Å². The number of nitrogens with two attached hydrogens (primary N) is 1. The zero-order chi connectivity index (χ0) is 31.4. The van der Waals surface area contributed by atoms with Gasteiger partial charge in [0.2, 0.25) is 0 Å². The molecule has 13 nitrogen and oxygen atoms in total. The molecule has 4 heterocycles. The van der Waals surface area contributed by atoms with Gasteiger partial charge in [-0.05, 0) is 18.2 Å². The number of piperazine rings is 1. The number of benzene rings is 1. The van der Waals surface area contributed by atoms with E-state index in [-0.39, 0.29) is 58.2 Å². The third-order valence-electron chi connectivity index (χ3n) is 6.92. The monoisotopic (exact) mass is 629 g/mol. The fourth-order valence-corrected chi connectivity index (χ4v) is 5.04. The molecule has 0 unspecified atom stereocenters. The van der Waals surface area contributed by atoms with Gasteiger partial charge in [0, 0.05) is 63.5 Å². The number of carbonyl (C=O) groups excluding carboxylic acids is 2. The lowest BCUT2D eigenvalue weighted by Crippen LogP contribution is -2.53. The molecule has 3 amide bonds. The normalized spacial score (nSPS) is 13.6. The average Bonchev–Trinajstić information content (AvgIpc) is 3.64. The van der Waals surface area contributed by atoms with Crippen LogP contribution in [0, 0.1) is 11.3 Å². The number of nitrogens with zero attached hydrogens (tertiary/aromatic N) is 8. The van der Waals surface area contributed by atoms with Gasteiger partial charge in [0.15, 0.2) is 17.2 Å². The van der Waals surface area contributed by atoms with Crippen molar-refractivity contribution in [1.82, 2.24) is 39.3 Å². The van der Waals surface area contributed by atoms with Crippen LogP contribution in [0.25, 0.3) is 16.9 Å². The van der Waals surface area contributed by atoms with Crippen LogP contribution < -0.4 is 16.4 Å². The lowest BCUT2D eigenvalue weighted by Gasteiger charge is -2.34. The Kier molecular flexibility index (Phi) is 8.88. The maximum atomic E-state index is 13.8. The van der Waals surface area contributed by atoms with Gasteiger partial charge in [-0.1, -0.05) is 11.6 Å². The Morgan fingerprint density at radius 1 is 1.14 bits per heavy atom. The molecule has 1 aliphatic heterocycles. The number of hydrogen-bond donors (Lipinski definition) is 3. The van der Waals surface area contributed by atoms with Crippen molar-refractivity contribution in [3.63, 3.8) is 0 Å². The predicted octanol–water partition coefficient (Wildman–Crippen LogP) is 3.35. The molecular formula is C27H27ClF3N11O2. The van der Waals surface area contributed by atoms with Crippen LogP contribution in [0.5, 0.6) is 0 Å². The van der Waals surface area contributed by atoms with E-state index in [2.05, 4.69) is 25.7 Å². The number of fused-ring (bicyclic) bond motifs is 1. The number of nitrogens with one attached hydrogen (secondary N) is 2. The van der Waals surface area contributed by atoms with Crippen molar-refractivity contribution in [2.75, 3.05) is 44.6 Å².